The maximum Gasteiger partial charge on any atom is 0.0662 e. The number of hydrogen-bond acceptors (Lipinski definition) is 2. The van der Waals surface area contributed by atoms with Gasteiger partial charge < -0.3 is 10.8 Å². The van der Waals surface area contributed by atoms with E-state index in [0.717, 1.165) is 19.3 Å². The Labute approximate surface area is 62.4 Å². The van der Waals surface area contributed by atoms with Crippen LogP contribution in [0.5, 0.6) is 0 Å². The van der Waals surface area contributed by atoms with E-state index in [9.17, 15) is 5.11 Å². The van der Waals surface area contributed by atoms with Crippen LogP contribution in [0.15, 0.2) is 0 Å². The van der Waals surface area contributed by atoms with Crippen LogP contribution < -0.4 is 5.73 Å². The zero-order valence-electron chi connectivity index (χ0n) is 6.64. The van der Waals surface area contributed by atoms with Crippen LogP contribution in [0.25, 0.3) is 0 Å². The smallest absolute Gasteiger partial charge is 0.0662 e. The molecular formula is C8H17NO. The molecule has 1 fully saturated rings. The van der Waals surface area contributed by atoms with Crippen molar-refractivity contribution >= 4 is 0 Å². The molecule has 0 heterocycles. The summed E-state index contributed by atoms with van der Waals surface area (Å²) in [5.74, 6) is 0. The van der Waals surface area contributed by atoms with Crippen molar-refractivity contribution in [2.24, 2.45) is 5.73 Å². The van der Waals surface area contributed by atoms with Gasteiger partial charge in [0.25, 0.3) is 0 Å². The standard InChI is InChI=1S/C8H17NO/c1-7(9)6-8(10)4-2-3-5-8/h7,10H,2-6,9H2,1H3. The summed E-state index contributed by atoms with van der Waals surface area (Å²) in [6.07, 6.45) is 5.02. The third-order valence-corrected chi connectivity index (χ3v) is 2.24. The third-order valence-electron chi connectivity index (χ3n) is 2.24. The summed E-state index contributed by atoms with van der Waals surface area (Å²) in [5, 5.41) is 9.78. The van der Waals surface area contributed by atoms with Crippen LogP contribution in [-0.2, 0) is 0 Å². The van der Waals surface area contributed by atoms with Gasteiger partial charge in [-0.05, 0) is 26.2 Å². The van der Waals surface area contributed by atoms with Crippen LogP contribution >= 0.6 is 0 Å². The van der Waals surface area contributed by atoms with Gasteiger partial charge >= 0.3 is 0 Å². The van der Waals surface area contributed by atoms with Crippen molar-refractivity contribution < 1.29 is 5.11 Å². The number of rotatable bonds is 2. The summed E-state index contributed by atoms with van der Waals surface area (Å²) >= 11 is 0. The fourth-order valence-electron chi connectivity index (χ4n) is 1.84. The fraction of sp³-hybridized carbons (Fsp3) is 1.00. The highest BCUT2D eigenvalue weighted by Gasteiger charge is 2.31. The first-order valence-electron chi connectivity index (χ1n) is 4.10. The van der Waals surface area contributed by atoms with Gasteiger partial charge in [-0.3, -0.25) is 0 Å². The van der Waals surface area contributed by atoms with Gasteiger partial charge in [0.15, 0.2) is 0 Å². The molecule has 1 saturated carbocycles. The van der Waals surface area contributed by atoms with Crippen LogP contribution in [-0.4, -0.2) is 16.7 Å². The molecule has 1 aliphatic carbocycles. The van der Waals surface area contributed by atoms with Crippen molar-refractivity contribution in [1.29, 1.82) is 0 Å². The zero-order chi connectivity index (χ0) is 7.61. The summed E-state index contributed by atoms with van der Waals surface area (Å²) < 4.78 is 0. The first-order valence-corrected chi connectivity index (χ1v) is 4.10. The maximum absolute atomic E-state index is 9.78. The second kappa shape index (κ2) is 2.89. The molecule has 0 aromatic heterocycles. The molecule has 0 radical (unpaired) electrons. The van der Waals surface area contributed by atoms with Gasteiger partial charge in [0.2, 0.25) is 0 Å². The maximum atomic E-state index is 9.78. The molecule has 60 valence electrons. The lowest BCUT2D eigenvalue weighted by Gasteiger charge is -2.23. The molecule has 0 bridgehead atoms. The Morgan fingerprint density at radius 1 is 1.50 bits per heavy atom. The van der Waals surface area contributed by atoms with Crippen molar-refractivity contribution in [1.82, 2.24) is 0 Å². The number of hydrogen-bond donors (Lipinski definition) is 2. The Balaban J connectivity index is 2.36. The SMILES string of the molecule is CC(N)CC1(O)CCCC1. The molecule has 0 amide bonds. The number of nitrogens with two attached hydrogens (primary N) is 1. The molecule has 1 atom stereocenters. The molecule has 10 heavy (non-hydrogen) atoms. The van der Waals surface area contributed by atoms with Crippen LogP contribution in [0.3, 0.4) is 0 Å². The quantitative estimate of drug-likeness (QED) is 0.606. The highest BCUT2D eigenvalue weighted by atomic mass is 16.3. The third kappa shape index (κ3) is 1.96. The van der Waals surface area contributed by atoms with E-state index in [2.05, 4.69) is 0 Å². The molecule has 0 aromatic carbocycles. The van der Waals surface area contributed by atoms with Crippen molar-refractivity contribution in [2.75, 3.05) is 0 Å². The topological polar surface area (TPSA) is 46.2 Å². The molecule has 2 nitrogen and oxygen atoms in total. The van der Waals surface area contributed by atoms with Crippen molar-refractivity contribution in [3.05, 3.63) is 0 Å². The predicted octanol–water partition coefficient (Wildman–Crippen LogP) is 1.03. The average Bonchev–Trinajstić information content (AvgIpc) is 2.12. The zero-order valence-corrected chi connectivity index (χ0v) is 6.64. The van der Waals surface area contributed by atoms with E-state index in [1.165, 1.54) is 12.8 Å². The minimum absolute atomic E-state index is 0.142. The van der Waals surface area contributed by atoms with E-state index in [1.54, 1.807) is 0 Å². The van der Waals surface area contributed by atoms with E-state index in [-0.39, 0.29) is 6.04 Å². The lowest BCUT2D eigenvalue weighted by atomic mass is 9.94. The van der Waals surface area contributed by atoms with Gasteiger partial charge in [-0.2, -0.15) is 0 Å². The molecule has 1 aliphatic rings. The van der Waals surface area contributed by atoms with Gasteiger partial charge in [0.05, 0.1) is 5.60 Å². The number of aliphatic hydroxyl groups is 1. The highest BCUT2D eigenvalue weighted by Crippen LogP contribution is 2.32. The molecule has 0 spiro atoms. The van der Waals surface area contributed by atoms with Crippen molar-refractivity contribution in [2.45, 2.75) is 50.7 Å². The summed E-state index contributed by atoms with van der Waals surface area (Å²) in [6, 6.07) is 0.142. The van der Waals surface area contributed by atoms with Gasteiger partial charge in [-0.15, -0.1) is 0 Å². The summed E-state index contributed by atoms with van der Waals surface area (Å²) in [4.78, 5) is 0. The van der Waals surface area contributed by atoms with E-state index in [4.69, 9.17) is 5.73 Å². The molecule has 2 heteroatoms. The summed E-state index contributed by atoms with van der Waals surface area (Å²) in [7, 11) is 0. The van der Waals surface area contributed by atoms with Crippen molar-refractivity contribution in [3.63, 3.8) is 0 Å². The first kappa shape index (κ1) is 8.02. The minimum Gasteiger partial charge on any atom is -0.390 e. The Hall–Kier alpha value is -0.0800. The molecule has 0 saturated heterocycles. The highest BCUT2D eigenvalue weighted by molar-refractivity contribution is 4.86. The Morgan fingerprint density at radius 2 is 2.00 bits per heavy atom. The normalized spacial score (nSPS) is 26.7. The Morgan fingerprint density at radius 3 is 2.40 bits per heavy atom. The lowest BCUT2D eigenvalue weighted by molar-refractivity contribution is 0.0338. The Kier molecular flexibility index (Phi) is 2.32. The van der Waals surface area contributed by atoms with E-state index in [0.29, 0.717) is 0 Å². The van der Waals surface area contributed by atoms with Crippen LogP contribution in [0, 0.1) is 0 Å². The monoisotopic (exact) mass is 143 g/mol. The van der Waals surface area contributed by atoms with Crippen LogP contribution in [0.1, 0.15) is 39.0 Å². The average molecular weight is 143 g/mol. The summed E-state index contributed by atoms with van der Waals surface area (Å²) in [5.41, 5.74) is 5.19. The summed E-state index contributed by atoms with van der Waals surface area (Å²) in [6.45, 7) is 1.95. The van der Waals surface area contributed by atoms with Crippen molar-refractivity contribution in [3.8, 4) is 0 Å². The van der Waals surface area contributed by atoms with Gasteiger partial charge in [0.1, 0.15) is 0 Å². The van der Waals surface area contributed by atoms with E-state index < -0.39 is 5.60 Å². The second-order valence-electron chi connectivity index (χ2n) is 3.61. The molecule has 3 N–H and O–H groups in total. The predicted molar refractivity (Wildman–Crippen MR) is 41.7 cm³/mol. The van der Waals surface area contributed by atoms with Gasteiger partial charge in [-0.1, -0.05) is 12.8 Å². The molecular weight excluding hydrogens is 126 g/mol. The second-order valence-corrected chi connectivity index (χ2v) is 3.61. The molecule has 0 aromatic rings. The van der Waals surface area contributed by atoms with Gasteiger partial charge in [-0.25, -0.2) is 0 Å². The fourth-order valence-corrected chi connectivity index (χ4v) is 1.84. The Bertz CT molecular complexity index is 106. The van der Waals surface area contributed by atoms with E-state index >= 15 is 0 Å². The lowest BCUT2D eigenvalue weighted by Crippen LogP contribution is -2.32. The molecule has 0 aliphatic heterocycles. The van der Waals surface area contributed by atoms with Gasteiger partial charge in [0, 0.05) is 6.04 Å². The van der Waals surface area contributed by atoms with Crippen LogP contribution in [0.2, 0.25) is 0 Å². The molecule has 1 unspecified atom stereocenters. The van der Waals surface area contributed by atoms with Crippen LogP contribution in [0.4, 0.5) is 0 Å². The van der Waals surface area contributed by atoms with E-state index in [1.807, 2.05) is 6.92 Å². The first-order chi connectivity index (χ1) is 4.62. The largest absolute Gasteiger partial charge is 0.390 e. The minimum atomic E-state index is -0.409. The molecule has 1 rings (SSSR count).